The first-order valence-corrected chi connectivity index (χ1v) is 7.08. The predicted molar refractivity (Wildman–Crippen MR) is 79.2 cm³/mol. The van der Waals surface area contributed by atoms with Gasteiger partial charge in [-0.15, -0.1) is 0 Å². The van der Waals surface area contributed by atoms with Crippen LogP contribution in [-0.2, 0) is 13.0 Å². The molecule has 19 heavy (non-hydrogen) atoms. The Bertz CT molecular complexity index is 516. The van der Waals surface area contributed by atoms with E-state index in [4.69, 9.17) is 0 Å². The van der Waals surface area contributed by atoms with Crippen LogP contribution in [0.1, 0.15) is 43.1 Å². The van der Waals surface area contributed by atoms with Gasteiger partial charge in [0.1, 0.15) is 0 Å². The lowest BCUT2D eigenvalue weighted by Gasteiger charge is -2.21. The molecule has 3 heteroatoms. The lowest BCUT2D eigenvalue weighted by Crippen LogP contribution is -2.22. The standard InChI is InChI=1S/C16H23N3/c1-4-12-19-15(10-11-18-19)16(17-3)14-9-7-6-8-13(14)5-2/h6-11,16-17H,4-5,12H2,1-3H3. The van der Waals surface area contributed by atoms with E-state index >= 15 is 0 Å². The van der Waals surface area contributed by atoms with Gasteiger partial charge in [0.25, 0.3) is 0 Å². The summed E-state index contributed by atoms with van der Waals surface area (Å²) in [6, 6.07) is 11.0. The number of aromatic nitrogens is 2. The Kier molecular flexibility index (Phi) is 4.74. The van der Waals surface area contributed by atoms with Crippen LogP contribution in [0.4, 0.5) is 0 Å². The summed E-state index contributed by atoms with van der Waals surface area (Å²) >= 11 is 0. The highest BCUT2D eigenvalue weighted by molar-refractivity contribution is 5.35. The quantitative estimate of drug-likeness (QED) is 0.861. The van der Waals surface area contributed by atoms with Gasteiger partial charge in [-0.1, -0.05) is 38.1 Å². The summed E-state index contributed by atoms with van der Waals surface area (Å²) in [7, 11) is 2.01. The van der Waals surface area contributed by atoms with E-state index in [1.54, 1.807) is 0 Å². The lowest BCUT2D eigenvalue weighted by atomic mass is 9.96. The summed E-state index contributed by atoms with van der Waals surface area (Å²) in [4.78, 5) is 0. The molecular formula is C16H23N3. The summed E-state index contributed by atoms with van der Waals surface area (Å²) in [5, 5.41) is 7.87. The van der Waals surface area contributed by atoms with Crippen molar-refractivity contribution in [2.75, 3.05) is 7.05 Å². The van der Waals surface area contributed by atoms with Crippen molar-refractivity contribution in [3.63, 3.8) is 0 Å². The highest BCUT2D eigenvalue weighted by Gasteiger charge is 2.18. The Morgan fingerprint density at radius 3 is 2.68 bits per heavy atom. The van der Waals surface area contributed by atoms with Crippen LogP contribution in [0.25, 0.3) is 0 Å². The topological polar surface area (TPSA) is 29.9 Å². The van der Waals surface area contributed by atoms with E-state index in [9.17, 15) is 0 Å². The maximum absolute atomic E-state index is 4.43. The molecule has 1 atom stereocenters. The zero-order valence-corrected chi connectivity index (χ0v) is 12.1. The fourth-order valence-corrected chi connectivity index (χ4v) is 2.59. The Morgan fingerprint density at radius 1 is 1.21 bits per heavy atom. The third-order valence-corrected chi connectivity index (χ3v) is 3.52. The number of nitrogens with zero attached hydrogens (tertiary/aromatic N) is 2. The molecule has 0 aliphatic heterocycles. The molecule has 1 aromatic carbocycles. The Labute approximate surface area is 115 Å². The fourth-order valence-electron chi connectivity index (χ4n) is 2.59. The number of rotatable bonds is 6. The molecule has 0 radical (unpaired) electrons. The van der Waals surface area contributed by atoms with Gasteiger partial charge >= 0.3 is 0 Å². The number of hydrogen-bond donors (Lipinski definition) is 1. The average molecular weight is 257 g/mol. The maximum Gasteiger partial charge on any atom is 0.0748 e. The molecule has 0 bridgehead atoms. The van der Waals surface area contributed by atoms with E-state index in [1.165, 1.54) is 16.8 Å². The third-order valence-electron chi connectivity index (χ3n) is 3.52. The molecule has 0 spiro atoms. The Morgan fingerprint density at radius 2 is 2.00 bits per heavy atom. The number of nitrogens with one attached hydrogen (secondary N) is 1. The first kappa shape index (κ1) is 13.8. The second-order valence-electron chi connectivity index (χ2n) is 4.75. The molecule has 0 saturated carbocycles. The molecule has 1 unspecified atom stereocenters. The molecule has 0 amide bonds. The van der Waals surface area contributed by atoms with E-state index in [-0.39, 0.29) is 6.04 Å². The minimum Gasteiger partial charge on any atom is -0.308 e. The van der Waals surface area contributed by atoms with Crippen LogP contribution in [-0.4, -0.2) is 16.8 Å². The third kappa shape index (κ3) is 2.87. The number of aryl methyl sites for hydroxylation is 2. The van der Waals surface area contributed by atoms with Gasteiger partial charge in [-0.05, 0) is 37.1 Å². The molecule has 0 saturated heterocycles. The van der Waals surface area contributed by atoms with Gasteiger partial charge in [-0.3, -0.25) is 4.68 Å². The molecule has 0 aliphatic rings. The highest BCUT2D eigenvalue weighted by atomic mass is 15.3. The Hall–Kier alpha value is -1.61. The van der Waals surface area contributed by atoms with Crippen molar-refractivity contribution < 1.29 is 0 Å². The summed E-state index contributed by atoms with van der Waals surface area (Å²) < 4.78 is 2.10. The summed E-state index contributed by atoms with van der Waals surface area (Å²) in [5.74, 6) is 0. The van der Waals surface area contributed by atoms with Crippen molar-refractivity contribution in [1.82, 2.24) is 15.1 Å². The first-order valence-electron chi connectivity index (χ1n) is 7.08. The van der Waals surface area contributed by atoms with E-state index < -0.39 is 0 Å². The van der Waals surface area contributed by atoms with Crippen molar-refractivity contribution >= 4 is 0 Å². The zero-order chi connectivity index (χ0) is 13.7. The second-order valence-corrected chi connectivity index (χ2v) is 4.75. The molecule has 1 aromatic heterocycles. The summed E-state index contributed by atoms with van der Waals surface area (Å²) in [5.41, 5.74) is 3.99. The van der Waals surface area contributed by atoms with E-state index in [0.29, 0.717) is 0 Å². The van der Waals surface area contributed by atoms with Gasteiger partial charge < -0.3 is 5.32 Å². The SMILES string of the molecule is CCCn1nccc1C(NC)c1ccccc1CC. The van der Waals surface area contributed by atoms with Crippen molar-refractivity contribution in [3.05, 3.63) is 53.3 Å². The summed E-state index contributed by atoms with van der Waals surface area (Å²) in [6.45, 7) is 5.35. The van der Waals surface area contributed by atoms with Crippen LogP contribution in [0, 0.1) is 0 Å². The zero-order valence-electron chi connectivity index (χ0n) is 12.1. The van der Waals surface area contributed by atoms with Crippen LogP contribution < -0.4 is 5.32 Å². The van der Waals surface area contributed by atoms with Crippen molar-refractivity contribution in [1.29, 1.82) is 0 Å². The molecule has 1 heterocycles. The van der Waals surface area contributed by atoms with Crippen LogP contribution >= 0.6 is 0 Å². The van der Waals surface area contributed by atoms with Gasteiger partial charge in [0.05, 0.1) is 11.7 Å². The van der Waals surface area contributed by atoms with Gasteiger partial charge in [0, 0.05) is 12.7 Å². The van der Waals surface area contributed by atoms with E-state index in [0.717, 1.165) is 19.4 Å². The Balaban J connectivity index is 2.41. The van der Waals surface area contributed by atoms with Gasteiger partial charge in [0.2, 0.25) is 0 Å². The van der Waals surface area contributed by atoms with Crippen molar-refractivity contribution in [2.24, 2.45) is 0 Å². The van der Waals surface area contributed by atoms with Crippen LogP contribution in [0.3, 0.4) is 0 Å². The average Bonchev–Trinajstić information content (AvgIpc) is 2.89. The largest absolute Gasteiger partial charge is 0.308 e. The minimum atomic E-state index is 0.213. The second kappa shape index (κ2) is 6.53. The lowest BCUT2D eigenvalue weighted by molar-refractivity contribution is 0.533. The van der Waals surface area contributed by atoms with E-state index in [1.807, 2.05) is 13.2 Å². The smallest absolute Gasteiger partial charge is 0.0748 e. The van der Waals surface area contributed by atoms with Gasteiger partial charge in [-0.2, -0.15) is 5.10 Å². The normalized spacial score (nSPS) is 12.6. The molecular weight excluding hydrogens is 234 g/mol. The van der Waals surface area contributed by atoms with Gasteiger partial charge in [0.15, 0.2) is 0 Å². The van der Waals surface area contributed by atoms with Crippen molar-refractivity contribution in [3.8, 4) is 0 Å². The van der Waals surface area contributed by atoms with Crippen LogP contribution in [0.5, 0.6) is 0 Å². The van der Waals surface area contributed by atoms with Crippen LogP contribution in [0.15, 0.2) is 36.5 Å². The minimum absolute atomic E-state index is 0.213. The number of benzene rings is 1. The number of hydrogen-bond acceptors (Lipinski definition) is 2. The highest BCUT2D eigenvalue weighted by Crippen LogP contribution is 2.25. The monoisotopic (exact) mass is 257 g/mol. The fraction of sp³-hybridized carbons (Fsp3) is 0.438. The maximum atomic E-state index is 4.43. The predicted octanol–water partition coefficient (Wildman–Crippen LogP) is 3.16. The molecule has 0 aliphatic carbocycles. The molecule has 3 nitrogen and oxygen atoms in total. The van der Waals surface area contributed by atoms with Gasteiger partial charge in [-0.25, -0.2) is 0 Å². The molecule has 2 rings (SSSR count). The summed E-state index contributed by atoms with van der Waals surface area (Å²) in [6.07, 6.45) is 4.04. The van der Waals surface area contributed by atoms with Crippen LogP contribution in [0.2, 0.25) is 0 Å². The molecule has 0 fully saturated rings. The first-order chi connectivity index (χ1) is 9.31. The molecule has 2 aromatic rings. The van der Waals surface area contributed by atoms with Crippen molar-refractivity contribution in [2.45, 2.75) is 39.3 Å². The molecule has 1 N–H and O–H groups in total. The molecule has 102 valence electrons. The van der Waals surface area contributed by atoms with E-state index in [2.05, 4.69) is 59.3 Å².